The van der Waals surface area contributed by atoms with E-state index in [1.54, 1.807) is 24.8 Å². The van der Waals surface area contributed by atoms with Crippen LogP contribution in [0.3, 0.4) is 0 Å². The number of thiazole rings is 1. The minimum absolute atomic E-state index is 0.186. The highest BCUT2D eigenvalue weighted by atomic mass is 127. The summed E-state index contributed by atoms with van der Waals surface area (Å²) in [5.74, 6) is 0.477. The van der Waals surface area contributed by atoms with Gasteiger partial charge in [-0.3, -0.25) is 9.78 Å². The first-order chi connectivity index (χ1) is 9.74. The van der Waals surface area contributed by atoms with E-state index in [1.807, 2.05) is 6.07 Å². The van der Waals surface area contributed by atoms with E-state index in [-0.39, 0.29) is 5.91 Å². The van der Waals surface area contributed by atoms with Gasteiger partial charge in [-0.05, 0) is 12.1 Å². The standard InChI is InChI=1S/C13H14IN3O2S/c1-19-11-3-2-6-15-9(11)7-16-13(18)10-8-20-12(17-10)4-5-14/h2-3,6,8H,4-5,7H2,1H3,(H,16,18). The third kappa shape index (κ3) is 3.89. The second-order valence-electron chi connectivity index (χ2n) is 3.90. The van der Waals surface area contributed by atoms with Crippen molar-refractivity contribution in [1.29, 1.82) is 0 Å². The van der Waals surface area contributed by atoms with Crippen molar-refractivity contribution < 1.29 is 9.53 Å². The van der Waals surface area contributed by atoms with E-state index in [9.17, 15) is 4.79 Å². The summed E-state index contributed by atoms with van der Waals surface area (Å²) >= 11 is 3.81. The summed E-state index contributed by atoms with van der Waals surface area (Å²) in [7, 11) is 1.58. The van der Waals surface area contributed by atoms with Crippen LogP contribution >= 0.6 is 33.9 Å². The molecule has 0 atom stereocenters. The molecule has 2 aromatic rings. The van der Waals surface area contributed by atoms with Crippen LogP contribution in [0.5, 0.6) is 5.75 Å². The maximum absolute atomic E-state index is 12.0. The molecule has 0 saturated carbocycles. The SMILES string of the molecule is COc1cccnc1CNC(=O)c1csc(CCI)n1. The van der Waals surface area contributed by atoms with Crippen LogP contribution in [0.1, 0.15) is 21.2 Å². The minimum atomic E-state index is -0.186. The molecule has 106 valence electrons. The summed E-state index contributed by atoms with van der Waals surface area (Å²) < 4.78 is 6.19. The Morgan fingerprint density at radius 3 is 3.15 bits per heavy atom. The molecule has 7 heteroatoms. The van der Waals surface area contributed by atoms with Crippen molar-refractivity contribution in [3.8, 4) is 5.75 Å². The van der Waals surface area contributed by atoms with E-state index in [1.165, 1.54) is 11.3 Å². The zero-order valence-electron chi connectivity index (χ0n) is 10.9. The molecule has 0 aliphatic rings. The highest BCUT2D eigenvalue weighted by Gasteiger charge is 2.11. The fourth-order valence-corrected chi connectivity index (χ4v) is 3.26. The molecule has 2 aromatic heterocycles. The molecule has 5 nitrogen and oxygen atoms in total. The van der Waals surface area contributed by atoms with Crippen LogP contribution in [0.4, 0.5) is 0 Å². The first-order valence-electron chi connectivity index (χ1n) is 6.01. The van der Waals surface area contributed by atoms with Crippen LogP contribution in [0.15, 0.2) is 23.7 Å². The number of hydrogen-bond acceptors (Lipinski definition) is 5. The zero-order chi connectivity index (χ0) is 14.4. The molecule has 20 heavy (non-hydrogen) atoms. The van der Waals surface area contributed by atoms with Crippen molar-refractivity contribution in [2.75, 3.05) is 11.5 Å². The summed E-state index contributed by atoms with van der Waals surface area (Å²) in [5, 5.41) is 5.58. The van der Waals surface area contributed by atoms with Gasteiger partial charge >= 0.3 is 0 Å². The predicted octanol–water partition coefficient (Wildman–Crippen LogP) is 2.45. The molecule has 1 N–H and O–H groups in total. The summed E-state index contributed by atoms with van der Waals surface area (Å²) in [6.45, 7) is 0.321. The van der Waals surface area contributed by atoms with Gasteiger partial charge in [-0.15, -0.1) is 11.3 Å². The molecular weight excluding hydrogens is 389 g/mol. The average Bonchev–Trinajstić information content (AvgIpc) is 2.94. The molecule has 0 fully saturated rings. The van der Waals surface area contributed by atoms with Gasteiger partial charge in [-0.2, -0.15) is 0 Å². The molecule has 0 spiro atoms. The van der Waals surface area contributed by atoms with Gasteiger partial charge in [0, 0.05) is 22.4 Å². The fourth-order valence-electron chi connectivity index (χ4n) is 1.61. The van der Waals surface area contributed by atoms with Crippen LogP contribution < -0.4 is 10.1 Å². The topological polar surface area (TPSA) is 64.1 Å². The lowest BCUT2D eigenvalue weighted by atomic mass is 10.3. The molecule has 0 aromatic carbocycles. The van der Waals surface area contributed by atoms with Gasteiger partial charge in [0.1, 0.15) is 17.1 Å². The number of ether oxygens (including phenoxy) is 1. The maximum Gasteiger partial charge on any atom is 0.271 e. The molecule has 0 saturated heterocycles. The van der Waals surface area contributed by atoms with Crippen LogP contribution in [0, 0.1) is 0 Å². The van der Waals surface area contributed by atoms with Crippen molar-refractivity contribution in [2.24, 2.45) is 0 Å². The first-order valence-corrected chi connectivity index (χ1v) is 8.41. The van der Waals surface area contributed by atoms with E-state index in [0.717, 1.165) is 15.9 Å². The van der Waals surface area contributed by atoms with Crippen LogP contribution in [0.25, 0.3) is 0 Å². The average molecular weight is 403 g/mol. The second kappa shape index (κ2) is 7.53. The van der Waals surface area contributed by atoms with E-state index in [2.05, 4.69) is 37.9 Å². The van der Waals surface area contributed by atoms with Crippen molar-refractivity contribution in [3.63, 3.8) is 0 Å². The quantitative estimate of drug-likeness (QED) is 0.595. The number of aromatic nitrogens is 2. The summed E-state index contributed by atoms with van der Waals surface area (Å²) in [5.41, 5.74) is 1.16. The predicted molar refractivity (Wildman–Crippen MR) is 86.7 cm³/mol. The Morgan fingerprint density at radius 2 is 2.40 bits per heavy atom. The highest BCUT2D eigenvalue weighted by molar-refractivity contribution is 14.1. The number of rotatable bonds is 6. The van der Waals surface area contributed by atoms with E-state index < -0.39 is 0 Å². The van der Waals surface area contributed by atoms with Crippen LogP contribution in [0.2, 0.25) is 0 Å². The Morgan fingerprint density at radius 1 is 1.55 bits per heavy atom. The lowest BCUT2D eigenvalue weighted by Crippen LogP contribution is -2.24. The molecule has 2 rings (SSSR count). The molecule has 0 unspecified atom stereocenters. The van der Waals surface area contributed by atoms with Crippen LogP contribution in [-0.2, 0) is 13.0 Å². The Bertz CT molecular complexity index is 589. The van der Waals surface area contributed by atoms with Crippen molar-refractivity contribution >= 4 is 39.8 Å². The lowest BCUT2D eigenvalue weighted by Gasteiger charge is -2.07. The van der Waals surface area contributed by atoms with Crippen LogP contribution in [-0.4, -0.2) is 27.4 Å². The molecule has 1 amide bonds. The summed E-state index contributed by atoms with van der Waals surface area (Å²) in [6.07, 6.45) is 2.57. The molecular formula is C13H14IN3O2S. The maximum atomic E-state index is 12.0. The third-order valence-corrected chi connectivity index (χ3v) is 4.03. The van der Waals surface area contributed by atoms with Gasteiger partial charge in [0.25, 0.3) is 5.91 Å². The molecule has 0 aliphatic carbocycles. The molecule has 0 radical (unpaired) electrons. The third-order valence-electron chi connectivity index (χ3n) is 2.58. The lowest BCUT2D eigenvalue weighted by molar-refractivity contribution is 0.0945. The summed E-state index contributed by atoms with van der Waals surface area (Å²) in [4.78, 5) is 20.5. The van der Waals surface area contributed by atoms with E-state index >= 15 is 0 Å². The number of amides is 1. The number of carbonyl (C=O) groups excluding carboxylic acids is 1. The van der Waals surface area contributed by atoms with Crippen molar-refractivity contribution in [2.45, 2.75) is 13.0 Å². The normalized spacial score (nSPS) is 10.3. The molecule has 2 heterocycles. The molecule has 0 bridgehead atoms. The van der Waals surface area contributed by atoms with E-state index in [0.29, 0.717) is 23.7 Å². The van der Waals surface area contributed by atoms with Crippen molar-refractivity contribution in [3.05, 3.63) is 40.1 Å². The van der Waals surface area contributed by atoms with Crippen molar-refractivity contribution in [1.82, 2.24) is 15.3 Å². The Hall–Kier alpha value is -1.22. The largest absolute Gasteiger partial charge is 0.495 e. The first kappa shape index (κ1) is 15.2. The number of pyridine rings is 1. The van der Waals surface area contributed by atoms with Gasteiger partial charge < -0.3 is 10.1 Å². The Labute approximate surface area is 134 Å². The van der Waals surface area contributed by atoms with Gasteiger partial charge in [-0.25, -0.2) is 4.98 Å². The Kier molecular flexibility index (Phi) is 5.72. The number of methoxy groups -OCH3 is 1. The second-order valence-corrected chi connectivity index (χ2v) is 5.92. The van der Waals surface area contributed by atoms with Gasteiger partial charge in [0.05, 0.1) is 18.7 Å². The smallest absolute Gasteiger partial charge is 0.271 e. The number of halogens is 1. The zero-order valence-corrected chi connectivity index (χ0v) is 13.9. The van der Waals surface area contributed by atoms with E-state index in [4.69, 9.17) is 4.74 Å². The number of aryl methyl sites for hydroxylation is 1. The number of nitrogens with zero attached hydrogens (tertiary/aromatic N) is 2. The van der Waals surface area contributed by atoms with Gasteiger partial charge in [0.15, 0.2) is 0 Å². The highest BCUT2D eigenvalue weighted by Crippen LogP contribution is 2.15. The van der Waals surface area contributed by atoms with Gasteiger partial charge in [0.2, 0.25) is 0 Å². The fraction of sp³-hybridized carbons (Fsp3) is 0.308. The Balaban J connectivity index is 1.97. The molecule has 0 aliphatic heterocycles. The number of nitrogens with one attached hydrogen (secondary N) is 1. The van der Waals surface area contributed by atoms with Gasteiger partial charge in [-0.1, -0.05) is 22.6 Å². The monoisotopic (exact) mass is 403 g/mol. The number of alkyl halides is 1. The summed E-state index contributed by atoms with van der Waals surface area (Å²) in [6, 6.07) is 3.61. The number of carbonyl (C=O) groups is 1. The number of hydrogen-bond donors (Lipinski definition) is 1. The minimum Gasteiger partial charge on any atom is -0.495 e.